The second kappa shape index (κ2) is 5.14. The molecule has 1 N–H and O–H groups in total. The monoisotopic (exact) mass is 303 g/mol. The molecule has 3 heteroatoms. The van der Waals surface area contributed by atoms with Crippen LogP contribution in [0.5, 0.6) is 0 Å². The Labute approximate surface area is 136 Å². The number of benzene rings is 1. The van der Waals surface area contributed by atoms with Gasteiger partial charge in [-0.05, 0) is 49.6 Å². The third-order valence-electron chi connectivity index (χ3n) is 4.83. The van der Waals surface area contributed by atoms with Crippen LogP contribution in [0.15, 0.2) is 53.7 Å². The molecule has 0 amide bonds. The number of hydrogen-bond donors (Lipinski definition) is 1. The molecule has 1 aliphatic carbocycles. The molecule has 1 aromatic carbocycles. The molecule has 4 rings (SSSR count). The van der Waals surface area contributed by atoms with E-state index in [0.717, 1.165) is 17.8 Å². The minimum atomic E-state index is -0.123. The maximum absolute atomic E-state index is 4.98. The number of nitrogens with one attached hydrogen (secondary N) is 1. The molecular formula is C20H21N3. The Morgan fingerprint density at radius 1 is 1.26 bits per heavy atom. The van der Waals surface area contributed by atoms with Crippen LogP contribution >= 0.6 is 0 Å². The number of fused-ring (bicyclic) bond motifs is 2. The van der Waals surface area contributed by atoms with Crippen molar-refractivity contribution in [1.82, 2.24) is 10.3 Å². The smallest absolute Gasteiger partial charge is 0.0969 e. The highest BCUT2D eigenvalue weighted by Gasteiger charge is 2.38. The molecule has 116 valence electrons. The highest BCUT2D eigenvalue weighted by molar-refractivity contribution is 5.96. The van der Waals surface area contributed by atoms with Crippen molar-refractivity contribution >= 4 is 22.2 Å². The van der Waals surface area contributed by atoms with Gasteiger partial charge in [0.2, 0.25) is 0 Å². The fourth-order valence-electron chi connectivity index (χ4n) is 3.60. The van der Waals surface area contributed by atoms with E-state index in [1.54, 1.807) is 0 Å². The van der Waals surface area contributed by atoms with Crippen LogP contribution in [0.1, 0.15) is 25.0 Å². The maximum atomic E-state index is 4.98. The van der Waals surface area contributed by atoms with Crippen LogP contribution in [0.25, 0.3) is 16.5 Å². The van der Waals surface area contributed by atoms with Crippen LogP contribution in [0.3, 0.4) is 0 Å². The zero-order valence-corrected chi connectivity index (χ0v) is 13.8. The van der Waals surface area contributed by atoms with E-state index in [0.29, 0.717) is 0 Å². The quantitative estimate of drug-likeness (QED) is 0.872. The molecule has 2 atom stereocenters. The van der Waals surface area contributed by atoms with Crippen molar-refractivity contribution in [3.8, 4) is 0 Å². The van der Waals surface area contributed by atoms with Crippen molar-refractivity contribution in [2.45, 2.75) is 32.4 Å². The minimum Gasteiger partial charge on any atom is -0.301 e. The number of aromatic nitrogens is 1. The Morgan fingerprint density at radius 2 is 2.13 bits per heavy atom. The average Bonchev–Trinajstić information content (AvgIpc) is 2.54. The molecule has 2 unspecified atom stereocenters. The second-order valence-electron chi connectivity index (χ2n) is 6.77. The molecule has 1 aromatic heterocycles. The summed E-state index contributed by atoms with van der Waals surface area (Å²) in [5, 5.41) is 4.83. The number of aliphatic imine (C=N–C) groups is 1. The Kier molecular flexibility index (Phi) is 3.20. The van der Waals surface area contributed by atoms with Gasteiger partial charge in [0.1, 0.15) is 0 Å². The molecule has 2 heterocycles. The van der Waals surface area contributed by atoms with E-state index in [2.05, 4.69) is 67.5 Å². The number of allylic oxidation sites excluding steroid dienone is 2. The van der Waals surface area contributed by atoms with Gasteiger partial charge in [0.05, 0.1) is 17.1 Å². The molecular weight excluding hydrogens is 282 g/mol. The fraction of sp³-hybridized carbons (Fsp3) is 0.300. The second-order valence-corrected chi connectivity index (χ2v) is 6.77. The summed E-state index contributed by atoms with van der Waals surface area (Å²) >= 11 is 0. The lowest BCUT2D eigenvalue weighted by atomic mass is 9.78. The predicted octanol–water partition coefficient (Wildman–Crippen LogP) is 3.69. The first-order valence-electron chi connectivity index (χ1n) is 8.10. The predicted molar refractivity (Wildman–Crippen MR) is 96.9 cm³/mol. The number of nitrogens with zero attached hydrogens (tertiary/aromatic N) is 2. The first kappa shape index (κ1) is 14.3. The lowest BCUT2D eigenvalue weighted by Crippen LogP contribution is -2.55. The van der Waals surface area contributed by atoms with Crippen LogP contribution in [0.4, 0.5) is 0 Å². The maximum Gasteiger partial charge on any atom is 0.0969 e. The summed E-state index contributed by atoms with van der Waals surface area (Å²) < 4.78 is 0. The zero-order chi connectivity index (χ0) is 16.0. The third-order valence-corrected chi connectivity index (χ3v) is 4.83. The molecule has 23 heavy (non-hydrogen) atoms. The van der Waals surface area contributed by atoms with Crippen molar-refractivity contribution in [3.63, 3.8) is 0 Å². The highest BCUT2D eigenvalue weighted by atomic mass is 15.1. The van der Waals surface area contributed by atoms with E-state index in [1.165, 1.54) is 22.1 Å². The van der Waals surface area contributed by atoms with E-state index >= 15 is 0 Å². The summed E-state index contributed by atoms with van der Waals surface area (Å²) in [6.07, 6.45) is 8.44. The zero-order valence-electron chi connectivity index (χ0n) is 13.8. The molecule has 0 saturated carbocycles. The lowest BCUT2D eigenvalue weighted by molar-refractivity contribution is 0.410. The Bertz CT molecular complexity index is 876. The Hall–Kier alpha value is -2.26. The van der Waals surface area contributed by atoms with E-state index < -0.39 is 0 Å². The Morgan fingerprint density at radius 3 is 3.00 bits per heavy atom. The van der Waals surface area contributed by atoms with E-state index in [1.807, 2.05) is 12.3 Å². The van der Waals surface area contributed by atoms with Gasteiger partial charge in [-0.1, -0.05) is 30.4 Å². The largest absolute Gasteiger partial charge is 0.301 e. The molecule has 0 spiro atoms. The topological polar surface area (TPSA) is 37.3 Å². The number of pyridine rings is 1. The normalized spacial score (nSPS) is 26.7. The SMILES string of the molecule is CC1=NC2C(c3cc(C)cc4ncccc34)=CC=CC2(C)NC1. The van der Waals surface area contributed by atoms with Gasteiger partial charge in [-0.2, -0.15) is 0 Å². The van der Waals surface area contributed by atoms with Gasteiger partial charge < -0.3 is 5.32 Å². The van der Waals surface area contributed by atoms with Gasteiger partial charge in [0.25, 0.3) is 0 Å². The van der Waals surface area contributed by atoms with Crippen LogP contribution in [0.2, 0.25) is 0 Å². The molecule has 0 saturated heterocycles. The fourth-order valence-corrected chi connectivity index (χ4v) is 3.60. The van der Waals surface area contributed by atoms with Crippen molar-refractivity contribution in [3.05, 3.63) is 59.8 Å². The van der Waals surface area contributed by atoms with Crippen LogP contribution in [-0.2, 0) is 0 Å². The average molecular weight is 303 g/mol. The summed E-state index contributed by atoms with van der Waals surface area (Å²) in [5.74, 6) is 0. The summed E-state index contributed by atoms with van der Waals surface area (Å²) in [5.41, 5.74) is 5.82. The molecule has 0 radical (unpaired) electrons. The van der Waals surface area contributed by atoms with Gasteiger partial charge >= 0.3 is 0 Å². The molecule has 3 nitrogen and oxygen atoms in total. The number of rotatable bonds is 1. The third kappa shape index (κ3) is 2.32. The summed E-state index contributed by atoms with van der Waals surface area (Å²) in [6.45, 7) is 7.30. The van der Waals surface area contributed by atoms with Gasteiger partial charge in [-0.3, -0.25) is 9.98 Å². The first-order chi connectivity index (χ1) is 11.1. The van der Waals surface area contributed by atoms with Crippen LogP contribution < -0.4 is 5.32 Å². The summed E-state index contributed by atoms with van der Waals surface area (Å²) in [4.78, 5) is 9.52. The molecule has 2 aliphatic rings. The van der Waals surface area contributed by atoms with Gasteiger partial charge in [-0.25, -0.2) is 0 Å². The highest BCUT2D eigenvalue weighted by Crippen LogP contribution is 2.37. The molecule has 2 aromatic rings. The van der Waals surface area contributed by atoms with Gasteiger partial charge in [0.15, 0.2) is 0 Å². The van der Waals surface area contributed by atoms with Crippen molar-refractivity contribution in [1.29, 1.82) is 0 Å². The van der Waals surface area contributed by atoms with Crippen LogP contribution in [0, 0.1) is 6.92 Å². The van der Waals surface area contributed by atoms with Crippen molar-refractivity contribution in [2.24, 2.45) is 4.99 Å². The van der Waals surface area contributed by atoms with Gasteiger partial charge in [-0.15, -0.1) is 0 Å². The first-order valence-corrected chi connectivity index (χ1v) is 8.10. The summed E-state index contributed by atoms with van der Waals surface area (Å²) in [6, 6.07) is 8.67. The van der Waals surface area contributed by atoms with Crippen molar-refractivity contribution in [2.75, 3.05) is 6.54 Å². The lowest BCUT2D eigenvalue weighted by Gasteiger charge is -2.41. The van der Waals surface area contributed by atoms with E-state index in [9.17, 15) is 0 Å². The van der Waals surface area contributed by atoms with E-state index in [-0.39, 0.29) is 11.6 Å². The van der Waals surface area contributed by atoms with Crippen LogP contribution in [-0.4, -0.2) is 28.8 Å². The van der Waals surface area contributed by atoms with Gasteiger partial charge in [0, 0.05) is 23.8 Å². The number of hydrogen-bond acceptors (Lipinski definition) is 3. The summed E-state index contributed by atoms with van der Waals surface area (Å²) in [7, 11) is 0. The molecule has 0 bridgehead atoms. The molecule has 0 fully saturated rings. The van der Waals surface area contributed by atoms with Crippen molar-refractivity contribution < 1.29 is 0 Å². The standard InChI is InChI=1S/C20H21N3/c1-13-10-17(15-7-5-9-21-18(15)11-13)16-6-4-8-20(3)19(16)23-14(2)12-22-20/h4-11,19,22H,12H2,1-3H3. The molecule has 1 aliphatic heterocycles. The van der Waals surface area contributed by atoms with E-state index in [4.69, 9.17) is 4.99 Å². The number of aryl methyl sites for hydroxylation is 1. The Balaban J connectivity index is 1.95. The minimum absolute atomic E-state index is 0.103.